The summed E-state index contributed by atoms with van der Waals surface area (Å²) in [7, 11) is 0. The number of benzene rings is 3. The number of phenolic OH excluding ortho intramolecular Hbond substituents is 1. The van der Waals surface area contributed by atoms with Crippen LogP contribution >= 0.6 is 15.9 Å². The molecule has 0 fully saturated rings. The van der Waals surface area contributed by atoms with Gasteiger partial charge in [-0.3, -0.25) is 19.7 Å². The third kappa shape index (κ3) is 5.67. The molecule has 0 saturated heterocycles. The molecule has 1 aliphatic heterocycles. The normalized spacial score (nSPS) is 12.4. The summed E-state index contributed by atoms with van der Waals surface area (Å²) in [4.78, 5) is 36.0. The smallest absolute Gasteiger partial charge is 0.312 e. The number of ether oxygens (including phenoxy) is 2. The molecule has 0 saturated carbocycles. The molecule has 11 nitrogen and oxygen atoms in total. The van der Waals surface area contributed by atoms with E-state index in [0.717, 1.165) is 12.3 Å². The molecule has 0 bridgehead atoms. The first-order valence-corrected chi connectivity index (χ1v) is 11.1. The summed E-state index contributed by atoms with van der Waals surface area (Å²) < 4.78 is 11.0. The summed E-state index contributed by atoms with van der Waals surface area (Å²) >= 11 is 3.13. The lowest BCUT2D eigenvalue weighted by Crippen LogP contribution is -2.32. The zero-order valence-electron chi connectivity index (χ0n) is 18.3. The summed E-state index contributed by atoms with van der Waals surface area (Å²) in [5.41, 5.74) is 2.45. The zero-order chi connectivity index (χ0) is 25.7. The van der Waals surface area contributed by atoms with Crippen molar-refractivity contribution in [2.45, 2.75) is 0 Å². The summed E-state index contributed by atoms with van der Waals surface area (Å²) in [6.45, 7) is 0.0793. The Kier molecular flexibility index (Phi) is 7.25. The topological polar surface area (TPSA) is 152 Å². The number of fused-ring (bicyclic) bond motifs is 1. The minimum absolute atomic E-state index is 0.00834. The third-order valence-corrected chi connectivity index (χ3v) is 5.34. The Morgan fingerprint density at radius 1 is 1.08 bits per heavy atom. The second-order valence-electron chi connectivity index (χ2n) is 7.31. The minimum Gasteiger partial charge on any atom is -0.502 e. The maximum absolute atomic E-state index is 12.9. The summed E-state index contributed by atoms with van der Waals surface area (Å²) in [6.07, 6.45) is 2.47. The van der Waals surface area contributed by atoms with Crippen LogP contribution in [0, 0.1) is 10.1 Å². The van der Waals surface area contributed by atoms with E-state index in [-0.39, 0.29) is 18.1 Å². The van der Waals surface area contributed by atoms with E-state index in [0.29, 0.717) is 27.1 Å². The molecule has 0 aliphatic carbocycles. The van der Waals surface area contributed by atoms with Crippen molar-refractivity contribution in [2.24, 2.45) is 5.10 Å². The molecule has 0 unspecified atom stereocenters. The largest absolute Gasteiger partial charge is 0.502 e. The van der Waals surface area contributed by atoms with Crippen molar-refractivity contribution in [3.05, 3.63) is 97.6 Å². The number of carbonyl (C=O) groups excluding carboxylic acids is 2. The maximum Gasteiger partial charge on any atom is 0.312 e. The first-order chi connectivity index (χ1) is 17.3. The van der Waals surface area contributed by atoms with Gasteiger partial charge in [0, 0.05) is 21.7 Å². The maximum atomic E-state index is 12.9. The van der Waals surface area contributed by atoms with Crippen LogP contribution in [0.15, 0.2) is 75.9 Å². The van der Waals surface area contributed by atoms with Crippen LogP contribution in [-0.4, -0.2) is 34.9 Å². The van der Waals surface area contributed by atoms with E-state index in [1.54, 1.807) is 48.5 Å². The third-order valence-electron chi connectivity index (χ3n) is 4.89. The van der Waals surface area contributed by atoms with Crippen LogP contribution in [0.1, 0.15) is 21.5 Å². The fourth-order valence-electron chi connectivity index (χ4n) is 3.18. The van der Waals surface area contributed by atoms with Gasteiger partial charge in [0.05, 0.1) is 11.1 Å². The minimum atomic E-state index is -0.780. The van der Waals surface area contributed by atoms with Gasteiger partial charge >= 0.3 is 5.69 Å². The lowest BCUT2D eigenvalue weighted by molar-refractivity contribution is -0.385. The SMILES string of the molecule is O=C(NN=Cc1cc(Br)cc([N+](=O)[O-])c1O)C(=Cc1ccc2c(c1)OCO2)NC(=O)c1ccccc1. The number of nitrogens with one attached hydrogen (secondary N) is 2. The lowest BCUT2D eigenvalue weighted by Gasteiger charge is -2.09. The van der Waals surface area contributed by atoms with E-state index in [1.165, 1.54) is 12.1 Å². The molecule has 182 valence electrons. The summed E-state index contributed by atoms with van der Waals surface area (Å²) in [6, 6.07) is 15.8. The van der Waals surface area contributed by atoms with Gasteiger partial charge in [-0.05, 0) is 42.0 Å². The van der Waals surface area contributed by atoms with Gasteiger partial charge in [0.25, 0.3) is 11.8 Å². The Morgan fingerprint density at radius 2 is 1.83 bits per heavy atom. The van der Waals surface area contributed by atoms with Crippen molar-refractivity contribution in [1.29, 1.82) is 0 Å². The van der Waals surface area contributed by atoms with E-state index in [2.05, 4.69) is 31.8 Å². The molecule has 3 N–H and O–H groups in total. The molecule has 3 aromatic rings. The number of rotatable bonds is 7. The van der Waals surface area contributed by atoms with Gasteiger partial charge in [-0.25, -0.2) is 5.43 Å². The first kappa shape index (κ1) is 24.4. The van der Waals surface area contributed by atoms with Gasteiger partial charge < -0.3 is 19.9 Å². The van der Waals surface area contributed by atoms with Crippen LogP contribution in [0.5, 0.6) is 17.2 Å². The second kappa shape index (κ2) is 10.7. The molecule has 3 aromatic carbocycles. The highest BCUT2D eigenvalue weighted by molar-refractivity contribution is 9.10. The molecule has 0 spiro atoms. The van der Waals surface area contributed by atoms with Crippen molar-refractivity contribution in [3.8, 4) is 17.2 Å². The number of halogens is 1. The molecule has 0 atom stereocenters. The monoisotopic (exact) mass is 552 g/mol. The fourth-order valence-corrected chi connectivity index (χ4v) is 3.64. The molecular weight excluding hydrogens is 536 g/mol. The summed E-state index contributed by atoms with van der Waals surface area (Å²) in [5, 5.41) is 27.6. The number of hydrazone groups is 1. The van der Waals surface area contributed by atoms with Crippen molar-refractivity contribution >= 4 is 45.7 Å². The molecule has 2 amide bonds. The van der Waals surface area contributed by atoms with Crippen LogP contribution in [0.25, 0.3) is 6.08 Å². The van der Waals surface area contributed by atoms with Crippen LogP contribution in [0.2, 0.25) is 0 Å². The number of nitrogens with zero attached hydrogens (tertiary/aromatic N) is 2. The molecule has 0 radical (unpaired) electrons. The van der Waals surface area contributed by atoms with Gasteiger partial charge in [-0.15, -0.1) is 0 Å². The highest BCUT2D eigenvalue weighted by Crippen LogP contribution is 2.33. The van der Waals surface area contributed by atoms with Gasteiger partial charge in [0.2, 0.25) is 12.5 Å². The Morgan fingerprint density at radius 3 is 2.58 bits per heavy atom. The first-order valence-electron chi connectivity index (χ1n) is 10.3. The second-order valence-corrected chi connectivity index (χ2v) is 8.23. The Bertz CT molecular complexity index is 1410. The van der Waals surface area contributed by atoms with Gasteiger partial charge in [-0.1, -0.05) is 40.2 Å². The number of hydrogen-bond acceptors (Lipinski definition) is 8. The van der Waals surface area contributed by atoms with Crippen molar-refractivity contribution in [1.82, 2.24) is 10.7 Å². The van der Waals surface area contributed by atoms with E-state index >= 15 is 0 Å². The number of carbonyl (C=O) groups is 2. The number of aromatic hydroxyl groups is 1. The van der Waals surface area contributed by atoms with E-state index in [9.17, 15) is 24.8 Å². The molecule has 4 rings (SSSR count). The Hall–Kier alpha value is -4.71. The van der Waals surface area contributed by atoms with E-state index < -0.39 is 28.2 Å². The molecule has 1 heterocycles. The standard InChI is InChI=1S/C24H17BrN4O7/c25-17-10-16(22(30)19(11-17)29(33)34)12-26-28-24(32)18(27-23(31)15-4-2-1-3-5-15)8-14-6-7-20-21(9-14)36-13-35-20/h1-12,30H,13H2,(H,27,31)(H,28,32). The number of nitro groups is 1. The quantitative estimate of drug-likeness (QED) is 0.175. The fraction of sp³-hybridized carbons (Fsp3) is 0.0417. The molecule has 1 aliphatic rings. The average Bonchev–Trinajstić information content (AvgIpc) is 3.33. The van der Waals surface area contributed by atoms with Crippen molar-refractivity contribution in [2.75, 3.05) is 6.79 Å². The number of nitro benzene ring substituents is 1. The van der Waals surface area contributed by atoms with Gasteiger partial charge in [-0.2, -0.15) is 5.10 Å². The van der Waals surface area contributed by atoms with Crippen molar-refractivity contribution in [3.63, 3.8) is 0 Å². The summed E-state index contributed by atoms with van der Waals surface area (Å²) in [5.74, 6) is -0.879. The number of amides is 2. The van der Waals surface area contributed by atoms with Gasteiger partial charge in [0.1, 0.15) is 5.70 Å². The number of hydrogen-bond donors (Lipinski definition) is 3. The Balaban J connectivity index is 1.59. The van der Waals surface area contributed by atoms with Crippen LogP contribution in [-0.2, 0) is 4.79 Å². The van der Waals surface area contributed by atoms with Gasteiger partial charge in [0.15, 0.2) is 11.5 Å². The van der Waals surface area contributed by atoms with Crippen LogP contribution in [0.3, 0.4) is 0 Å². The predicted octanol–water partition coefficient (Wildman–Crippen LogP) is 3.71. The molecule has 0 aromatic heterocycles. The zero-order valence-corrected chi connectivity index (χ0v) is 19.9. The predicted molar refractivity (Wildman–Crippen MR) is 133 cm³/mol. The Labute approximate surface area is 212 Å². The van der Waals surface area contributed by atoms with Crippen molar-refractivity contribution < 1.29 is 29.1 Å². The highest BCUT2D eigenvalue weighted by Gasteiger charge is 2.19. The average molecular weight is 553 g/mol. The van der Waals surface area contributed by atoms with Crippen LogP contribution in [0.4, 0.5) is 5.69 Å². The highest BCUT2D eigenvalue weighted by atomic mass is 79.9. The molecule has 12 heteroatoms. The molecular formula is C24H17BrN4O7. The van der Waals surface area contributed by atoms with E-state index in [4.69, 9.17) is 9.47 Å². The number of phenols is 1. The molecule has 36 heavy (non-hydrogen) atoms. The lowest BCUT2D eigenvalue weighted by atomic mass is 10.1. The van der Waals surface area contributed by atoms with E-state index in [1.807, 2.05) is 0 Å². The van der Waals surface area contributed by atoms with Crippen LogP contribution < -0.4 is 20.2 Å².